The first-order chi connectivity index (χ1) is 16.1. The minimum Gasteiger partial charge on any atom is -0.487 e. The van der Waals surface area contributed by atoms with Crippen LogP contribution in [0, 0.1) is 12.8 Å². The molecule has 1 aliphatic rings. The van der Waals surface area contributed by atoms with Crippen molar-refractivity contribution in [2.75, 3.05) is 13.2 Å². The van der Waals surface area contributed by atoms with Crippen molar-refractivity contribution in [2.45, 2.75) is 77.3 Å². The van der Waals surface area contributed by atoms with Crippen LogP contribution in [-0.4, -0.2) is 38.6 Å². The summed E-state index contributed by atoms with van der Waals surface area (Å²) < 4.78 is 35.5. The van der Waals surface area contributed by atoms with Crippen molar-refractivity contribution in [3.8, 4) is 5.75 Å². The first-order valence-corrected chi connectivity index (χ1v) is 13.7. The Morgan fingerprint density at radius 1 is 1.21 bits per heavy atom. The first kappa shape index (κ1) is 26.5. The van der Waals surface area contributed by atoms with Gasteiger partial charge in [0.1, 0.15) is 16.7 Å². The number of carbonyl (C=O) groups is 1. The van der Waals surface area contributed by atoms with Crippen LogP contribution >= 0.6 is 10.8 Å². The van der Waals surface area contributed by atoms with Gasteiger partial charge in [-0.3, -0.25) is 13.9 Å². The molecular formula is C27H39NO5S. The molecule has 0 radical (unpaired) electrons. The number of benzene rings is 2. The molecule has 0 fully saturated rings. The second-order valence-corrected chi connectivity index (χ2v) is 11.6. The van der Waals surface area contributed by atoms with Crippen LogP contribution in [0.15, 0.2) is 47.4 Å². The van der Waals surface area contributed by atoms with Crippen LogP contribution in [0.1, 0.15) is 69.6 Å². The zero-order valence-electron chi connectivity index (χ0n) is 21.0. The summed E-state index contributed by atoms with van der Waals surface area (Å²) in [4.78, 5) is 12.7. The number of para-hydroxylation sites is 1. The Kier molecular flexibility index (Phi) is 9.04. The third-order valence-corrected chi connectivity index (χ3v) is 8.22. The lowest BCUT2D eigenvalue weighted by atomic mass is 9.87. The van der Waals surface area contributed by atoms with Crippen LogP contribution in [-0.2, 0) is 16.1 Å². The average molecular weight is 490 g/mol. The molecule has 34 heavy (non-hydrogen) atoms. The van der Waals surface area contributed by atoms with E-state index in [4.69, 9.17) is 9.47 Å². The smallest absolute Gasteiger partial charge is 0.306 e. The molecule has 0 saturated carbocycles. The van der Waals surface area contributed by atoms with Crippen LogP contribution < -0.4 is 4.74 Å². The molecule has 0 aromatic heterocycles. The van der Waals surface area contributed by atoms with Gasteiger partial charge >= 0.3 is 5.97 Å². The van der Waals surface area contributed by atoms with Gasteiger partial charge in [-0.15, -0.1) is 10.8 Å². The molecule has 6 nitrogen and oxygen atoms in total. The summed E-state index contributed by atoms with van der Waals surface area (Å²) in [6.07, 6.45) is 2.07. The zero-order valence-corrected chi connectivity index (χ0v) is 21.8. The molecule has 0 saturated heterocycles. The van der Waals surface area contributed by atoms with E-state index in [1.165, 1.54) is 0 Å². The number of hydrogen-bond donors (Lipinski definition) is 2. The summed E-state index contributed by atoms with van der Waals surface area (Å²) in [5.74, 6) is 0.948. The molecule has 188 valence electrons. The van der Waals surface area contributed by atoms with E-state index in [1.54, 1.807) is 22.5 Å². The average Bonchev–Trinajstić information content (AvgIpc) is 2.86. The summed E-state index contributed by atoms with van der Waals surface area (Å²) >= 11 is 0. The summed E-state index contributed by atoms with van der Waals surface area (Å²) in [5, 5.41) is 0. The molecule has 0 aliphatic carbocycles. The molecule has 0 amide bonds. The first-order valence-electron chi connectivity index (χ1n) is 12.2. The van der Waals surface area contributed by atoms with E-state index in [0.29, 0.717) is 42.7 Å². The highest BCUT2D eigenvalue weighted by molar-refractivity contribution is 8.22. The molecule has 2 atom stereocenters. The number of nitrogens with zero attached hydrogens (tertiary/aromatic N) is 1. The minimum atomic E-state index is -3.21. The lowest BCUT2D eigenvalue weighted by Gasteiger charge is -2.42. The maximum Gasteiger partial charge on any atom is 0.306 e. The predicted octanol–water partition coefficient (Wildman–Crippen LogP) is 6.78. The predicted molar refractivity (Wildman–Crippen MR) is 137 cm³/mol. The van der Waals surface area contributed by atoms with Gasteiger partial charge in [-0.1, -0.05) is 50.6 Å². The Morgan fingerprint density at radius 3 is 2.65 bits per heavy atom. The molecule has 1 heterocycles. The van der Waals surface area contributed by atoms with Crippen LogP contribution in [0.5, 0.6) is 5.75 Å². The third kappa shape index (κ3) is 6.54. The quantitative estimate of drug-likeness (QED) is 0.378. The van der Waals surface area contributed by atoms with E-state index in [-0.39, 0.29) is 18.0 Å². The molecule has 3 rings (SSSR count). The molecule has 0 spiro atoms. The van der Waals surface area contributed by atoms with Crippen molar-refractivity contribution in [3.05, 3.63) is 59.2 Å². The van der Waals surface area contributed by atoms with Gasteiger partial charge in [0.2, 0.25) is 0 Å². The number of hydrogen-bond acceptors (Lipinski definition) is 6. The normalized spacial score (nSPS) is 19.6. The summed E-state index contributed by atoms with van der Waals surface area (Å²) in [6, 6.07) is 13.4. The van der Waals surface area contributed by atoms with Crippen molar-refractivity contribution >= 4 is 16.7 Å². The largest absolute Gasteiger partial charge is 0.487 e. The van der Waals surface area contributed by atoms with Gasteiger partial charge < -0.3 is 9.47 Å². The fourth-order valence-corrected chi connectivity index (χ4v) is 6.02. The molecule has 2 N–H and O–H groups in total. The van der Waals surface area contributed by atoms with E-state index in [9.17, 15) is 13.9 Å². The Bertz CT molecular complexity index is 977. The standard InChI is InChI=1S/C27H39NO5S/c1-6-32-27(29)16-23(13-11-19(2)3)22-14-12-20(4)24(15-22)18-28-17-21(5)33-25-9-7-8-10-26(25)34(28,30)31/h7-10,12,14-15,19,21,23,30-31H,6,11,13,16-18H2,1-5H3. The second kappa shape index (κ2) is 11.6. The number of aryl methyl sites for hydroxylation is 1. The minimum absolute atomic E-state index is 0.0632. The topological polar surface area (TPSA) is 79.2 Å². The summed E-state index contributed by atoms with van der Waals surface area (Å²) in [7, 11) is -3.21. The maximum absolute atomic E-state index is 12.3. The van der Waals surface area contributed by atoms with Gasteiger partial charge in [0.15, 0.2) is 0 Å². The highest BCUT2D eigenvalue weighted by atomic mass is 32.3. The van der Waals surface area contributed by atoms with Gasteiger partial charge in [0.25, 0.3) is 0 Å². The van der Waals surface area contributed by atoms with E-state index in [1.807, 2.05) is 26.8 Å². The second-order valence-electron chi connectivity index (χ2n) is 9.58. The fourth-order valence-electron chi connectivity index (χ4n) is 4.36. The van der Waals surface area contributed by atoms with Gasteiger partial charge in [0, 0.05) is 6.54 Å². The Balaban J connectivity index is 1.90. The highest BCUT2D eigenvalue weighted by Gasteiger charge is 2.34. The van der Waals surface area contributed by atoms with E-state index >= 15 is 0 Å². The lowest BCUT2D eigenvalue weighted by molar-refractivity contribution is -0.143. The van der Waals surface area contributed by atoms with Gasteiger partial charge in [-0.2, -0.15) is 4.31 Å². The number of carbonyl (C=O) groups excluding carboxylic acids is 1. The Morgan fingerprint density at radius 2 is 1.94 bits per heavy atom. The van der Waals surface area contributed by atoms with Crippen molar-refractivity contribution in [2.24, 2.45) is 5.92 Å². The van der Waals surface area contributed by atoms with Crippen LogP contribution in [0.25, 0.3) is 0 Å². The van der Waals surface area contributed by atoms with E-state index in [2.05, 4.69) is 32.0 Å². The third-order valence-electron chi connectivity index (χ3n) is 6.30. The van der Waals surface area contributed by atoms with Crippen molar-refractivity contribution in [1.82, 2.24) is 4.31 Å². The van der Waals surface area contributed by atoms with Crippen LogP contribution in [0.3, 0.4) is 0 Å². The Hall–Kier alpha value is -2.06. The highest BCUT2D eigenvalue weighted by Crippen LogP contribution is 2.57. The lowest BCUT2D eigenvalue weighted by Crippen LogP contribution is -2.33. The number of ether oxygens (including phenoxy) is 2. The van der Waals surface area contributed by atoms with E-state index < -0.39 is 10.8 Å². The molecule has 7 heteroatoms. The number of esters is 1. The molecule has 2 aromatic rings. The molecule has 2 unspecified atom stereocenters. The Labute approximate surface area is 205 Å². The SMILES string of the molecule is CCOC(=O)CC(CCC(C)C)c1ccc(C)c(CN2CC(C)Oc3ccccc3S2(O)O)c1. The van der Waals surface area contributed by atoms with Crippen molar-refractivity contribution in [1.29, 1.82) is 0 Å². The maximum atomic E-state index is 12.3. The fraction of sp³-hybridized carbons (Fsp3) is 0.519. The summed E-state index contributed by atoms with van der Waals surface area (Å²) in [5.41, 5.74) is 3.18. The van der Waals surface area contributed by atoms with Crippen LogP contribution in [0.4, 0.5) is 0 Å². The van der Waals surface area contributed by atoms with Crippen LogP contribution in [0.2, 0.25) is 0 Å². The van der Waals surface area contributed by atoms with Crippen molar-refractivity contribution < 1.29 is 23.4 Å². The summed E-state index contributed by atoms with van der Waals surface area (Å²) in [6.45, 7) is 11.3. The molecular weight excluding hydrogens is 450 g/mol. The van der Waals surface area contributed by atoms with Gasteiger partial charge in [-0.25, -0.2) is 0 Å². The number of fused-ring (bicyclic) bond motifs is 1. The van der Waals surface area contributed by atoms with Crippen molar-refractivity contribution in [3.63, 3.8) is 0 Å². The molecule has 1 aliphatic heterocycles. The number of rotatable bonds is 9. The van der Waals surface area contributed by atoms with E-state index in [0.717, 1.165) is 29.5 Å². The zero-order chi connectivity index (χ0) is 24.9. The monoisotopic (exact) mass is 489 g/mol. The van der Waals surface area contributed by atoms with Gasteiger partial charge in [0.05, 0.1) is 19.6 Å². The molecule has 0 bridgehead atoms. The molecule has 2 aromatic carbocycles. The van der Waals surface area contributed by atoms with Gasteiger partial charge in [-0.05, 0) is 67.9 Å².